The Balaban J connectivity index is 1.58. The molecule has 1 aliphatic rings. The monoisotopic (exact) mass is 278 g/mol. The maximum Gasteiger partial charge on any atom is 0.161 e. The van der Waals surface area contributed by atoms with Gasteiger partial charge in [0.25, 0.3) is 0 Å². The molecule has 1 heterocycles. The molecule has 0 saturated carbocycles. The first-order chi connectivity index (χ1) is 9.90. The molecule has 2 rings (SSSR count). The predicted molar refractivity (Wildman–Crippen MR) is 81.6 cm³/mol. The normalized spacial score (nSPS) is 15.4. The summed E-state index contributed by atoms with van der Waals surface area (Å²) in [6.45, 7) is 8.90. The Labute approximate surface area is 122 Å². The van der Waals surface area contributed by atoms with Gasteiger partial charge in [-0.2, -0.15) is 0 Å². The Bertz CT molecular complexity index is 378. The Kier molecular flexibility index (Phi) is 6.68. The zero-order valence-electron chi connectivity index (χ0n) is 12.4. The number of nitrogens with zero attached hydrogens (tertiary/aromatic N) is 1. The summed E-state index contributed by atoms with van der Waals surface area (Å²) in [5.41, 5.74) is 0. The fourth-order valence-corrected chi connectivity index (χ4v) is 2.45. The lowest BCUT2D eigenvalue weighted by Gasteiger charge is -2.15. The molecule has 1 saturated heterocycles. The van der Waals surface area contributed by atoms with Gasteiger partial charge in [0.15, 0.2) is 11.5 Å². The van der Waals surface area contributed by atoms with Gasteiger partial charge in [0, 0.05) is 19.6 Å². The SMILES string of the molecule is CCOc1ccccc1OCCNCCN1CCCC1. The molecule has 0 unspecified atom stereocenters. The lowest BCUT2D eigenvalue weighted by atomic mass is 10.3. The van der Waals surface area contributed by atoms with Crippen LogP contribution >= 0.6 is 0 Å². The Morgan fingerprint density at radius 2 is 1.75 bits per heavy atom. The van der Waals surface area contributed by atoms with Crippen LogP contribution in [0.4, 0.5) is 0 Å². The highest BCUT2D eigenvalue weighted by atomic mass is 16.5. The summed E-state index contributed by atoms with van der Waals surface area (Å²) in [4.78, 5) is 2.51. The average Bonchev–Trinajstić information content (AvgIpc) is 2.98. The van der Waals surface area contributed by atoms with Gasteiger partial charge in [-0.3, -0.25) is 0 Å². The van der Waals surface area contributed by atoms with Crippen molar-refractivity contribution in [2.24, 2.45) is 0 Å². The average molecular weight is 278 g/mol. The van der Waals surface area contributed by atoms with Gasteiger partial charge in [0.05, 0.1) is 6.61 Å². The van der Waals surface area contributed by atoms with Crippen LogP contribution in [0.1, 0.15) is 19.8 Å². The van der Waals surface area contributed by atoms with Gasteiger partial charge in [-0.15, -0.1) is 0 Å². The maximum absolute atomic E-state index is 5.76. The van der Waals surface area contributed by atoms with Gasteiger partial charge >= 0.3 is 0 Å². The number of hydrogen-bond donors (Lipinski definition) is 1. The molecule has 0 amide bonds. The first kappa shape index (κ1) is 15.1. The van der Waals surface area contributed by atoms with Crippen molar-refractivity contribution in [1.82, 2.24) is 10.2 Å². The molecule has 4 nitrogen and oxygen atoms in total. The summed E-state index contributed by atoms with van der Waals surface area (Å²) in [7, 11) is 0. The summed E-state index contributed by atoms with van der Waals surface area (Å²) < 4.78 is 11.3. The van der Waals surface area contributed by atoms with Crippen LogP contribution in [0.2, 0.25) is 0 Å². The standard InChI is InChI=1S/C16H26N2O2/c1-2-19-15-7-3-4-8-16(15)20-14-10-17-9-13-18-11-5-6-12-18/h3-4,7-8,17H,2,5-6,9-14H2,1H3. The van der Waals surface area contributed by atoms with Crippen molar-refractivity contribution in [1.29, 1.82) is 0 Å². The third kappa shape index (κ3) is 5.02. The summed E-state index contributed by atoms with van der Waals surface area (Å²) >= 11 is 0. The zero-order chi connectivity index (χ0) is 14.0. The molecule has 112 valence electrons. The summed E-state index contributed by atoms with van der Waals surface area (Å²) in [6, 6.07) is 7.83. The van der Waals surface area contributed by atoms with E-state index >= 15 is 0 Å². The van der Waals surface area contributed by atoms with E-state index in [2.05, 4.69) is 10.2 Å². The van der Waals surface area contributed by atoms with Gasteiger partial charge in [0.1, 0.15) is 6.61 Å². The molecule has 0 atom stereocenters. The molecular formula is C16H26N2O2. The molecule has 0 aromatic heterocycles. The number of benzene rings is 1. The number of rotatable bonds is 9. The van der Waals surface area contributed by atoms with Crippen LogP contribution in [0.15, 0.2) is 24.3 Å². The summed E-state index contributed by atoms with van der Waals surface area (Å²) in [5, 5.41) is 3.43. The van der Waals surface area contributed by atoms with Crippen molar-refractivity contribution in [2.75, 3.05) is 45.9 Å². The first-order valence-corrected chi connectivity index (χ1v) is 7.68. The van der Waals surface area contributed by atoms with Crippen molar-refractivity contribution in [3.8, 4) is 11.5 Å². The minimum absolute atomic E-state index is 0.661. The van der Waals surface area contributed by atoms with Crippen LogP contribution in [0.5, 0.6) is 11.5 Å². The van der Waals surface area contributed by atoms with E-state index in [9.17, 15) is 0 Å². The molecule has 1 aromatic rings. The number of hydrogen-bond acceptors (Lipinski definition) is 4. The lowest BCUT2D eigenvalue weighted by Crippen LogP contribution is -2.32. The van der Waals surface area contributed by atoms with Crippen molar-refractivity contribution in [3.63, 3.8) is 0 Å². The molecule has 1 aromatic carbocycles. The van der Waals surface area contributed by atoms with E-state index in [-0.39, 0.29) is 0 Å². The fourth-order valence-electron chi connectivity index (χ4n) is 2.45. The molecule has 0 radical (unpaired) electrons. The molecule has 0 bridgehead atoms. The minimum Gasteiger partial charge on any atom is -0.490 e. The fraction of sp³-hybridized carbons (Fsp3) is 0.625. The van der Waals surface area contributed by atoms with E-state index in [1.54, 1.807) is 0 Å². The van der Waals surface area contributed by atoms with E-state index in [1.807, 2.05) is 31.2 Å². The largest absolute Gasteiger partial charge is 0.490 e. The van der Waals surface area contributed by atoms with Crippen LogP contribution in [0.25, 0.3) is 0 Å². The van der Waals surface area contributed by atoms with Gasteiger partial charge in [-0.05, 0) is 45.0 Å². The Morgan fingerprint density at radius 3 is 2.45 bits per heavy atom. The van der Waals surface area contributed by atoms with Crippen LogP contribution in [0, 0.1) is 0 Å². The lowest BCUT2D eigenvalue weighted by molar-refractivity contribution is 0.272. The molecule has 1 N–H and O–H groups in total. The number of ether oxygens (including phenoxy) is 2. The van der Waals surface area contributed by atoms with Gasteiger partial charge in [-0.1, -0.05) is 12.1 Å². The third-order valence-corrected chi connectivity index (χ3v) is 3.49. The molecule has 0 spiro atoms. The molecule has 0 aliphatic carbocycles. The van der Waals surface area contributed by atoms with Crippen LogP contribution in [-0.4, -0.2) is 50.8 Å². The Hall–Kier alpha value is -1.26. The number of likely N-dealkylation sites (tertiary alicyclic amines) is 1. The van der Waals surface area contributed by atoms with E-state index in [1.165, 1.54) is 25.9 Å². The van der Waals surface area contributed by atoms with Crippen molar-refractivity contribution < 1.29 is 9.47 Å². The topological polar surface area (TPSA) is 33.7 Å². The van der Waals surface area contributed by atoms with Crippen molar-refractivity contribution in [2.45, 2.75) is 19.8 Å². The van der Waals surface area contributed by atoms with Gasteiger partial charge < -0.3 is 19.7 Å². The highest BCUT2D eigenvalue weighted by Gasteiger charge is 2.09. The van der Waals surface area contributed by atoms with E-state index < -0.39 is 0 Å². The number of nitrogens with one attached hydrogen (secondary N) is 1. The minimum atomic E-state index is 0.661. The quantitative estimate of drug-likeness (QED) is 0.702. The molecular weight excluding hydrogens is 252 g/mol. The molecule has 1 fully saturated rings. The third-order valence-electron chi connectivity index (χ3n) is 3.49. The maximum atomic E-state index is 5.76. The highest BCUT2D eigenvalue weighted by Crippen LogP contribution is 2.25. The second kappa shape index (κ2) is 8.82. The van der Waals surface area contributed by atoms with Crippen LogP contribution in [0.3, 0.4) is 0 Å². The van der Waals surface area contributed by atoms with Crippen LogP contribution in [-0.2, 0) is 0 Å². The molecule has 20 heavy (non-hydrogen) atoms. The van der Waals surface area contributed by atoms with Crippen molar-refractivity contribution >= 4 is 0 Å². The highest BCUT2D eigenvalue weighted by molar-refractivity contribution is 5.39. The van der Waals surface area contributed by atoms with E-state index in [0.717, 1.165) is 31.1 Å². The molecule has 1 aliphatic heterocycles. The van der Waals surface area contributed by atoms with Gasteiger partial charge in [0.2, 0.25) is 0 Å². The van der Waals surface area contributed by atoms with Crippen molar-refractivity contribution in [3.05, 3.63) is 24.3 Å². The predicted octanol–water partition coefficient (Wildman–Crippen LogP) is 2.15. The van der Waals surface area contributed by atoms with E-state index in [4.69, 9.17) is 9.47 Å². The summed E-state index contributed by atoms with van der Waals surface area (Å²) in [5.74, 6) is 1.66. The number of para-hydroxylation sites is 2. The first-order valence-electron chi connectivity index (χ1n) is 7.68. The Morgan fingerprint density at radius 1 is 1.05 bits per heavy atom. The van der Waals surface area contributed by atoms with Crippen LogP contribution < -0.4 is 14.8 Å². The second-order valence-corrected chi connectivity index (χ2v) is 5.03. The van der Waals surface area contributed by atoms with E-state index in [0.29, 0.717) is 13.2 Å². The second-order valence-electron chi connectivity index (χ2n) is 5.03. The van der Waals surface area contributed by atoms with Gasteiger partial charge in [-0.25, -0.2) is 0 Å². The smallest absolute Gasteiger partial charge is 0.161 e. The summed E-state index contributed by atoms with van der Waals surface area (Å²) in [6.07, 6.45) is 2.72. The zero-order valence-corrected chi connectivity index (χ0v) is 12.4. The molecule has 4 heteroatoms.